The van der Waals surface area contributed by atoms with E-state index in [2.05, 4.69) is 4.98 Å². The lowest BCUT2D eigenvalue weighted by Gasteiger charge is -2.30. The molecule has 0 aromatic carbocycles. The molecule has 3 rings (SSSR count). The lowest BCUT2D eigenvalue weighted by atomic mass is 9.98. The minimum Gasteiger partial charge on any atom is -0.469 e. The molecule has 0 aliphatic carbocycles. The maximum absolute atomic E-state index is 11.7. The summed E-state index contributed by atoms with van der Waals surface area (Å²) < 4.78 is 6.25. The summed E-state index contributed by atoms with van der Waals surface area (Å²) in [6.45, 7) is 1.05. The summed E-state index contributed by atoms with van der Waals surface area (Å²) in [6, 6.07) is 0. The number of aromatic nitrogens is 2. The van der Waals surface area contributed by atoms with Gasteiger partial charge in [-0.15, -0.1) is 0 Å². The molecular weight excluding hydrogens is 296 g/mol. The molecule has 9 heteroatoms. The number of anilines is 1. The van der Waals surface area contributed by atoms with Crippen LogP contribution in [0, 0.1) is 16.0 Å². The highest BCUT2D eigenvalue weighted by Gasteiger charge is 2.33. The molecule has 3 heterocycles. The van der Waals surface area contributed by atoms with Gasteiger partial charge in [0.15, 0.2) is 0 Å². The van der Waals surface area contributed by atoms with Crippen LogP contribution in [-0.4, -0.2) is 40.5 Å². The predicted molar refractivity (Wildman–Crippen MR) is 76.7 cm³/mol. The van der Waals surface area contributed by atoms with Crippen LogP contribution in [0.3, 0.4) is 0 Å². The number of thiazole rings is 1. The van der Waals surface area contributed by atoms with Crippen LogP contribution >= 0.6 is 11.3 Å². The Morgan fingerprint density at radius 2 is 2.43 bits per heavy atom. The van der Waals surface area contributed by atoms with Crippen molar-refractivity contribution in [2.45, 2.75) is 12.8 Å². The molecule has 0 amide bonds. The van der Waals surface area contributed by atoms with E-state index in [-0.39, 0.29) is 17.7 Å². The van der Waals surface area contributed by atoms with Gasteiger partial charge in [-0.05, 0) is 17.8 Å². The predicted octanol–water partition coefficient (Wildman–Crippen LogP) is 1.69. The van der Waals surface area contributed by atoms with Crippen LogP contribution in [0.2, 0.25) is 0 Å². The summed E-state index contributed by atoms with van der Waals surface area (Å²) in [5, 5.41) is 13.1. The smallest absolute Gasteiger partial charge is 0.373 e. The van der Waals surface area contributed by atoms with E-state index in [1.807, 2.05) is 4.90 Å². The number of piperidine rings is 1. The number of nitro groups is 1. The zero-order chi connectivity index (χ0) is 15.0. The molecule has 8 nitrogen and oxygen atoms in total. The van der Waals surface area contributed by atoms with Gasteiger partial charge in [0, 0.05) is 18.5 Å². The van der Waals surface area contributed by atoms with Gasteiger partial charge >= 0.3 is 11.8 Å². The average molecular weight is 310 g/mol. The van der Waals surface area contributed by atoms with Crippen LogP contribution in [0.1, 0.15) is 12.8 Å². The van der Waals surface area contributed by atoms with E-state index in [0.29, 0.717) is 23.9 Å². The van der Waals surface area contributed by atoms with E-state index >= 15 is 0 Å². The minimum absolute atomic E-state index is 0.0447. The van der Waals surface area contributed by atoms with Gasteiger partial charge in [0.05, 0.1) is 13.0 Å². The van der Waals surface area contributed by atoms with Gasteiger partial charge in [-0.25, -0.2) is 0 Å². The Morgan fingerprint density at radius 3 is 3.14 bits per heavy atom. The van der Waals surface area contributed by atoms with Crippen molar-refractivity contribution in [3.8, 4) is 0 Å². The highest BCUT2D eigenvalue weighted by molar-refractivity contribution is 7.15. The zero-order valence-electron chi connectivity index (χ0n) is 11.4. The Labute approximate surface area is 124 Å². The quantitative estimate of drug-likeness (QED) is 0.487. The summed E-state index contributed by atoms with van der Waals surface area (Å²) in [7, 11) is 1.36. The largest absolute Gasteiger partial charge is 0.469 e. The van der Waals surface area contributed by atoms with E-state index in [1.54, 1.807) is 11.6 Å². The number of fused-ring (bicyclic) bond motifs is 1. The standard InChI is InChI=1S/C12H14N4O4S/c1-20-11(17)8-3-2-4-14(7-8)9-10(16(18)19)15-5-6-21-12(15)13-9/h5-6,8H,2-4,7H2,1H3. The summed E-state index contributed by atoms with van der Waals surface area (Å²) in [6.07, 6.45) is 3.15. The first-order chi connectivity index (χ1) is 10.1. The van der Waals surface area contributed by atoms with Crippen molar-refractivity contribution in [3.63, 3.8) is 0 Å². The van der Waals surface area contributed by atoms with Crippen LogP contribution in [0.15, 0.2) is 11.6 Å². The summed E-state index contributed by atoms with van der Waals surface area (Å²) in [5.74, 6) is -0.247. The second kappa shape index (κ2) is 5.32. The SMILES string of the molecule is COC(=O)C1CCCN(c2nc3sccn3c2[N+](=O)[O-])C1. The molecule has 112 valence electrons. The van der Waals surface area contributed by atoms with E-state index in [4.69, 9.17) is 4.74 Å². The molecule has 2 aromatic rings. The third-order valence-electron chi connectivity index (χ3n) is 3.65. The molecular formula is C12H14N4O4S. The first-order valence-corrected chi connectivity index (χ1v) is 7.42. The van der Waals surface area contributed by atoms with Crippen molar-refractivity contribution < 1.29 is 14.5 Å². The monoisotopic (exact) mass is 310 g/mol. The van der Waals surface area contributed by atoms with Gasteiger partial charge in [0.2, 0.25) is 5.82 Å². The average Bonchev–Trinajstić information content (AvgIpc) is 3.06. The lowest BCUT2D eigenvalue weighted by Crippen LogP contribution is -2.39. The molecule has 2 aromatic heterocycles. The van der Waals surface area contributed by atoms with E-state index in [0.717, 1.165) is 12.8 Å². The maximum atomic E-state index is 11.7. The number of hydrogen-bond donors (Lipinski definition) is 0. The van der Waals surface area contributed by atoms with Crippen molar-refractivity contribution in [3.05, 3.63) is 21.7 Å². The molecule has 21 heavy (non-hydrogen) atoms. The molecule has 0 saturated carbocycles. The highest BCUT2D eigenvalue weighted by atomic mass is 32.1. The Hall–Kier alpha value is -2.16. The fourth-order valence-electron chi connectivity index (χ4n) is 2.67. The van der Waals surface area contributed by atoms with Crippen molar-refractivity contribution in [2.75, 3.05) is 25.1 Å². The van der Waals surface area contributed by atoms with Crippen LogP contribution in [0.5, 0.6) is 0 Å². The molecule has 1 saturated heterocycles. The second-order valence-electron chi connectivity index (χ2n) is 4.88. The van der Waals surface area contributed by atoms with E-state index in [1.165, 1.54) is 22.8 Å². The Balaban J connectivity index is 1.96. The molecule has 0 radical (unpaired) electrons. The van der Waals surface area contributed by atoms with E-state index in [9.17, 15) is 14.9 Å². The summed E-state index contributed by atoms with van der Waals surface area (Å²) in [4.78, 5) is 29.3. The molecule has 1 fully saturated rings. The number of carbonyl (C=O) groups excluding carboxylic acids is 1. The van der Waals surface area contributed by atoms with Crippen molar-refractivity contribution >= 4 is 33.9 Å². The summed E-state index contributed by atoms with van der Waals surface area (Å²) >= 11 is 1.34. The van der Waals surface area contributed by atoms with Crippen LogP contribution in [0.25, 0.3) is 4.96 Å². The Morgan fingerprint density at radius 1 is 1.62 bits per heavy atom. The molecule has 1 atom stereocenters. The molecule has 0 bridgehead atoms. The Bertz CT molecular complexity index is 695. The number of methoxy groups -OCH3 is 1. The second-order valence-corrected chi connectivity index (χ2v) is 5.75. The number of ether oxygens (including phenoxy) is 1. The molecule has 0 N–H and O–H groups in total. The van der Waals surface area contributed by atoms with Crippen molar-refractivity contribution in [1.29, 1.82) is 0 Å². The number of hydrogen-bond acceptors (Lipinski definition) is 7. The molecule has 1 aliphatic rings. The van der Waals surface area contributed by atoms with Gasteiger partial charge in [0.25, 0.3) is 4.96 Å². The number of carbonyl (C=O) groups is 1. The van der Waals surface area contributed by atoms with Gasteiger partial charge in [-0.2, -0.15) is 9.38 Å². The normalized spacial score (nSPS) is 18.9. The zero-order valence-corrected chi connectivity index (χ0v) is 12.2. The third-order valence-corrected chi connectivity index (χ3v) is 4.40. The maximum Gasteiger partial charge on any atom is 0.373 e. The molecule has 1 aliphatic heterocycles. The van der Waals surface area contributed by atoms with Crippen molar-refractivity contribution in [2.24, 2.45) is 5.92 Å². The number of rotatable bonds is 3. The molecule has 0 spiro atoms. The first kappa shape index (κ1) is 13.8. The van der Waals surface area contributed by atoms with Gasteiger partial charge < -0.3 is 19.8 Å². The fraction of sp³-hybridized carbons (Fsp3) is 0.500. The van der Waals surface area contributed by atoms with Crippen molar-refractivity contribution in [1.82, 2.24) is 9.38 Å². The topological polar surface area (TPSA) is 90.0 Å². The number of esters is 1. The highest BCUT2D eigenvalue weighted by Crippen LogP contribution is 2.33. The van der Waals surface area contributed by atoms with Crippen LogP contribution in [0.4, 0.5) is 11.6 Å². The fourth-order valence-corrected chi connectivity index (χ4v) is 3.38. The Kier molecular flexibility index (Phi) is 3.50. The van der Waals surface area contributed by atoms with Crippen LogP contribution in [-0.2, 0) is 9.53 Å². The number of nitrogens with zero attached hydrogens (tertiary/aromatic N) is 4. The lowest BCUT2D eigenvalue weighted by molar-refractivity contribution is -0.389. The number of imidazole rings is 1. The minimum atomic E-state index is -0.427. The van der Waals surface area contributed by atoms with Gasteiger partial charge in [0.1, 0.15) is 6.20 Å². The van der Waals surface area contributed by atoms with Crippen LogP contribution < -0.4 is 4.90 Å². The molecule has 1 unspecified atom stereocenters. The first-order valence-electron chi connectivity index (χ1n) is 6.54. The van der Waals surface area contributed by atoms with Gasteiger partial charge in [-0.3, -0.25) is 4.79 Å². The summed E-state index contributed by atoms with van der Waals surface area (Å²) in [5.41, 5.74) is 0. The van der Waals surface area contributed by atoms with E-state index < -0.39 is 4.92 Å². The van der Waals surface area contributed by atoms with Gasteiger partial charge in [-0.1, -0.05) is 11.3 Å². The third kappa shape index (κ3) is 2.33.